The zero-order valence-electron chi connectivity index (χ0n) is 31.5. The number of halogens is 1. The number of ether oxygens (including phenoxy) is 3. The van der Waals surface area contributed by atoms with Gasteiger partial charge in [-0.1, -0.05) is 12.1 Å². The highest BCUT2D eigenvalue weighted by Gasteiger charge is 2.43. The molecule has 0 atom stereocenters. The smallest absolute Gasteiger partial charge is 0.410 e. The summed E-state index contributed by atoms with van der Waals surface area (Å²) in [6.07, 6.45) is 12.3. The van der Waals surface area contributed by atoms with Crippen LogP contribution in [-0.2, 0) is 36.9 Å². The summed E-state index contributed by atoms with van der Waals surface area (Å²) in [5, 5.41) is 17.4. The van der Waals surface area contributed by atoms with Crippen LogP contribution in [0.5, 0.6) is 0 Å². The molecule has 0 aliphatic carbocycles. The van der Waals surface area contributed by atoms with Crippen molar-refractivity contribution < 1.29 is 28.6 Å². The van der Waals surface area contributed by atoms with Crippen LogP contribution in [0, 0.1) is 0 Å². The number of nitrogens with zero attached hydrogens (tertiary/aromatic N) is 7. The molecular weight excluding hydrogens is 716 g/mol. The van der Waals surface area contributed by atoms with Gasteiger partial charge < -0.3 is 35.1 Å². The Morgan fingerprint density at radius 2 is 1.22 bits per heavy atom. The third-order valence-electron chi connectivity index (χ3n) is 9.25. The minimum atomic E-state index is -0.957. The Kier molecular flexibility index (Phi) is 14.7. The summed E-state index contributed by atoms with van der Waals surface area (Å²) in [5.74, 6) is 1.21. The molecule has 2 fully saturated rings. The number of piperidine rings is 2. The van der Waals surface area contributed by atoms with Gasteiger partial charge in [0.15, 0.2) is 11.6 Å². The van der Waals surface area contributed by atoms with Crippen LogP contribution in [0.15, 0.2) is 73.6 Å². The van der Waals surface area contributed by atoms with Gasteiger partial charge in [-0.15, -0.1) is 12.4 Å². The second-order valence-corrected chi connectivity index (χ2v) is 13.9. The third-order valence-corrected chi connectivity index (χ3v) is 9.25. The third kappa shape index (κ3) is 10.8. The summed E-state index contributed by atoms with van der Waals surface area (Å²) < 4.78 is 19.9. The maximum Gasteiger partial charge on any atom is 0.410 e. The van der Waals surface area contributed by atoms with Crippen molar-refractivity contribution in [3.63, 3.8) is 0 Å². The number of rotatable bonds is 10. The van der Waals surface area contributed by atoms with Crippen LogP contribution in [0.1, 0.15) is 57.6 Å². The lowest BCUT2D eigenvalue weighted by Gasteiger charge is -2.39. The highest BCUT2D eigenvalue weighted by atomic mass is 35.5. The molecule has 3 amide bonds. The van der Waals surface area contributed by atoms with Crippen molar-refractivity contribution in [2.24, 2.45) is 0 Å². The van der Waals surface area contributed by atoms with Crippen molar-refractivity contribution >= 4 is 30.3 Å². The molecule has 0 spiro atoms. The van der Waals surface area contributed by atoms with E-state index in [1.165, 1.54) is 7.11 Å². The standard InChI is InChI=1S/C21H29N5O4.C16H21N5O2.ClH/c1-20(2,3)30-19(28)25-12-8-21(29-4,9-13-25)18(27)23-15-16-6-7-17(22-14-16)26-11-5-10-24-26;1-23-16(5-8-17-9-6-16)15(22)19-12-13-3-4-14(18-11-13)21-10-2-7-20-21;/h5-7,10-11,14H,8-9,12-13,15H2,1-4H3,(H,23,27);2-4,7,10-11,17H,5-6,8-9,12H2,1H3,(H,19,22);1H. The molecule has 6 heterocycles. The van der Waals surface area contributed by atoms with Crippen molar-refractivity contribution in [1.82, 2.24) is 50.4 Å². The maximum absolute atomic E-state index is 12.9. The molecule has 0 radical (unpaired) electrons. The minimum Gasteiger partial charge on any atom is -0.444 e. The number of amides is 3. The minimum absolute atomic E-state index is 0. The molecule has 2 saturated heterocycles. The van der Waals surface area contributed by atoms with Gasteiger partial charge in [-0.2, -0.15) is 10.2 Å². The van der Waals surface area contributed by atoms with E-state index in [9.17, 15) is 14.4 Å². The Bertz CT molecular complexity index is 1750. The monoisotopic (exact) mass is 766 g/mol. The summed E-state index contributed by atoms with van der Waals surface area (Å²) in [5.41, 5.74) is -0.411. The van der Waals surface area contributed by atoms with E-state index in [1.54, 1.807) is 46.2 Å². The van der Waals surface area contributed by atoms with Gasteiger partial charge in [0, 0.05) is 90.4 Å². The van der Waals surface area contributed by atoms with Crippen LogP contribution >= 0.6 is 12.4 Å². The lowest BCUT2D eigenvalue weighted by Crippen LogP contribution is -2.56. The van der Waals surface area contributed by atoms with Crippen LogP contribution in [-0.4, -0.2) is 110 Å². The molecule has 3 N–H and O–H groups in total. The first-order valence-corrected chi connectivity index (χ1v) is 17.7. The predicted molar refractivity (Wildman–Crippen MR) is 202 cm³/mol. The van der Waals surface area contributed by atoms with Crippen molar-refractivity contribution in [1.29, 1.82) is 0 Å². The van der Waals surface area contributed by atoms with E-state index in [0.717, 1.165) is 30.0 Å². The molecule has 17 heteroatoms. The lowest BCUT2D eigenvalue weighted by molar-refractivity contribution is -0.149. The van der Waals surface area contributed by atoms with Gasteiger partial charge >= 0.3 is 6.09 Å². The molecule has 292 valence electrons. The fourth-order valence-electron chi connectivity index (χ4n) is 6.06. The quantitative estimate of drug-likeness (QED) is 0.216. The van der Waals surface area contributed by atoms with E-state index in [1.807, 2.05) is 69.6 Å². The van der Waals surface area contributed by atoms with E-state index in [-0.39, 0.29) is 30.3 Å². The molecule has 4 aromatic heterocycles. The first-order valence-electron chi connectivity index (χ1n) is 17.7. The molecule has 0 aromatic carbocycles. The number of carbonyl (C=O) groups is 3. The molecule has 2 aliphatic rings. The van der Waals surface area contributed by atoms with E-state index in [2.05, 4.69) is 36.1 Å². The zero-order chi connectivity index (χ0) is 37.9. The SMILES string of the molecule is COC1(C(=O)NCc2ccc(-n3cccn3)nc2)CCN(C(=O)OC(C)(C)C)CC1.COC1(C(=O)NCc2ccc(-n3cccn3)nc2)CCNCC1.Cl. The van der Waals surface area contributed by atoms with Gasteiger partial charge in [0.1, 0.15) is 16.8 Å². The molecule has 4 aromatic rings. The molecule has 0 saturated carbocycles. The molecule has 2 aliphatic heterocycles. The van der Waals surface area contributed by atoms with Gasteiger partial charge in [0.2, 0.25) is 0 Å². The van der Waals surface area contributed by atoms with Gasteiger partial charge in [-0.3, -0.25) is 9.59 Å². The van der Waals surface area contributed by atoms with Crippen molar-refractivity contribution in [3.05, 3.63) is 84.7 Å². The number of nitrogens with one attached hydrogen (secondary N) is 3. The fourth-order valence-corrected chi connectivity index (χ4v) is 6.06. The highest BCUT2D eigenvalue weighted by molar-refractivity contribution is 5.86. The number of hydrogen-bond donors (Lipinski definition) is 3. The average molecular weight is 767 g/mol. The van der Waals surface area contributed by atoms with E-state index in [4.69, 9.17) is 14.2 Å². The lowest BCUT2D eigenvalue weighted by atomic mass is 9.90. The van der Waals surface area contributed by atoms with Crippen LogP contribution in [0.25, 0.3) is 11.6 Å². The summed E-state index contributed by atoms with van der Waals surface area (Å²) >= 11 is 0. The van der Waals surface area contributed by atoms with Crippen LogP contribution < -0.4 is 16.0 Å². The number of carbonyl (C=O) groups excluding carboxylic acids is 3. The van der Waals surface area contributed by atoms with E-state index < -0.39 is 16.8 Å². The summed E-state index contributed by atoms with van der Waals surface area (Å²) in [4.78, 5) is 48.0. The summed E-state index contributed by atoms with van der Waals surface area (Å²) in [6, 6.07) is 11.2. The molecule has 54 heavy (non-hydrogen) atoms. The van der Waals surface area contributed by atoms with Gasteiger partial charge in [-0.25, -0.2) is 24.1 Å². The maximum atomic E-state index is 12.9. The number of hydrogen-bond acceptors (Lipinski definition) is 11. The van der Waals surface area contributed by atoms with Crippen LogP contribution in [0.3, 0.4) is 0 Å². The van der Waals surface area contributed by atoms with Crippen LogP contribution in [0.2, 0.25) is 0 Å². The Morgan fingerprint density at radius 3 is 1.59 bits per heavy atom. The number of likely N-dealkylation sites (tertiary alicyclic amines) is 1. The molecule has 6 rings (SSSR count). The van der Waals surface area contributed by atoms with E-state index >= 15 is 0 Å². The molecule has 0 unspecified atom stereocenters. The van der Waals surface area contributed by atoms with Gasteiger partial charge in [0.05, 0.1) is 0 Å². The topological polar surface area (TPSA) is 180 Å². The molecule has 16 nitrogen and oxygen atoms in total. The Labute approximate surface area is 321 Å². The van der Waals surface area contributed by atoms with Gasteiger partial charge in [-0.05, 0) is 82.1 Å². The van der Waals surface area contributed by atoms with Crippen molar-refractivity contribution in [2.45, 2.75) is 76.3 Å². The predicted octanol–water partition coefficient (Wildman–Crippen LogP) is 3.37. The average Bonchev–Trinajstić information content (AvgIpc) is 3.93. The Morgan fingerprint density at radius 1 is 0.759 bits per heavy atom. The van der Waals surface area contributed by atoms with Crippen LogP contribution in [0.4, 0.5) is 4.79 Å². The summed E-state index contributed by atoms with van der Waals surface area (Å²) in [7, 11) is 3.13. The fraction of sp³-hybridized carbons (Fsp3) is 0.486. The number of pyridine rings is 2. The first-order chi connectivity index (χ1) is 25.5. The first kappa shape index (κ1) is 41.9. The van der Waals surface area contributed by atoms with Gasteiger partial charge in [0.25, 0.3) is 11.8 Å². The second-order valence-electron chi connectivity index (χ2n) is 13.9. The molecular formula is C37H51ClN10O6. The normalized spacial score (nSPS) is 16.2. The largest absolute Gasteiger partial charge is 0.444 e. The Hall–Kier alpha value is -4.90. The summed E-state index contributed by atoms with van der Waals surface area (Å²) in [6.45, 7) is 8.65. The molecule has 0 bridgehead atoms. The number of methoxy groups -OCH3 is 2. The number of aromatic nitrogens is 6. The van der Waals surface area contributed by atoms with Crippen molar-refractivity contribution in [3.8, 4) is 11.6 Å². The zero-order valence-corrected chi connectivity index (χ0v) is 32.3. The van der Waals surface area contributed by atoms with Crippen molar-refractivity contribution in [2.75, 3.05) is 40.4 Å². The highest BCUT2D eigenvalue weighted by Crippen LogP contribution is 2.28. The second kappa shape index (κ2) is 18.9. The Balaban J connectivity index is 0.000000244. The van der Waals surface area contributed by atoms with E-state index in [0.29, 0.717) is 57.7 Å².